The van der Waals surface area contributed by atoms with Gasteiger partial charge >= 0.3 is 0 Å². The molecule has 1 unspecified atom stereocenters. The Morgan fingerprint density at radius 3 is 2.60 bits per heavy atom. The van der Waals surface area contributed by atoms with Gasteiger partial charge in [0.15, 0.2) is 0 Å². The molecular formula is C15H12N2O2S. The number of rotatable bonds is 3. The minimum Gasteiger partial charge on any atom is -0.506 e. The van der Waals surface area contributed by atoms with Crippen LogP contribution in [0.15, 0.2) is 65.7 Å². The molecule has 0 spiro atoms. The molecule has 0 aliphatic heterocycles. The average molecular weight is 284 g/mol. The molecule has 0 saturated heterocycles. The summed E-state index contributed by atoms with van der Waals surface area (Å²) in [6.07, 6.45) is 1.64. The highest BCUT2D eigenvalue weighted by Gasteiger charge is 2.11. The van der Waals surface area contributed by atoms with E-state index in [9.17, 15) is 9.32 Å². The highest BCUT2D eigenvalue weighted by molar-refractivity contribution is 7.86. The fraction of sp³-hybridized carbons (Fsp3) is 0. The smallest absolute Gasteiger partial charge is 0.150 e. The van der Waals surface area contributed by atoms with E-state index >= 15 is 0 Å². The lowest BCUT2D eigenvalue weighted by Crippen LogP contribution is -2.05. The van der Waals surface area contributed by atoms with Gasteiger partial charge in [-0.3, -0.25) is 9.71 Å². The number of pyridine rings is 1. The minimum atomic E-state index is -1.45. The van der Waals surface area contributed by atoms with Gasteiger partial charge in [0.05, 0.1) is 10.4 Å². The van der Waals surface area contributed by atoms with Crippen LogP contribution in [0.5, 0.6) is 5.75 Å². The monoisotopic (exact) mass is 284 g/mol. The topological polar surface area (TPSA) is 62.2 Å². The van der Waals surface area contributed by atoms with Gasteiger partial charge in [-0.15, -0.1) is 0 Å². The summed E-state index contributed by atoms with van der Waals surface area (Å²) in [6, 6.07) is 16.1. The summed E-state index contributed by atoms with van der Waals surface area (Å²) in [5, 5.41) is 10.8. The van der Waals surface area contributed by atoms with E-state index in [1.165, 1.54) is 0 Å². The summed E-state index contributed by atoms with van der Waals surface area (Å²) in [5.41, 5.74) is 0.974. The molecule has 5 heteroatoms. The lowest BCUT2D eigenvalue weighted by Gasteiger charge is -2.10. The predicted molar refractivity (Wildman–Crippen MR) is 79.9 cm³/mol. The van der Waals surface area contributed by atoms with Gasteiger partial charge in [0.2, 0.25) is 0 Å². The number of phenols is 1. The SMILES string of the molecule is O=S(Nc1c(O)ccc2cccnc12)c1ccccc1. The molecule has 0 bridgehead atoms. The summed E-state index contributed by atoms with van der Waals surface area (Å²) in [4.78, 5) is 4.87. The van der Waals surface area contributed by atoms with Crippen molar-refractivity contribution in [3.8, 4) is 5.75 Å². The van der Waals surface area contributed by atoms with Crippen LogP contribution in [0.2, 0.25) is 0 Å². The first-order valence-electron chi connectivity index (χ1n) is 6.06. The van der Waals surface area contributed by atoms with Gasteiger partial charge in [-0.1, -0.05) is 24.3 Å². The second-order valence-corrected chi connectivity index (χ2v) is 5.43. The van der Waals surface area contributed by atoms with Gasteiger partial charge < -0.3 is 5.11 Å². The zero-order valence-electron chi connectivity index (χ0n) is 10.5. The van der Waals surface area contributed by atoms with E-state index < -0.39 is 11.0 Å². The molecule has 0 amide bonds. The maximum Gasteiger partial charge on any atom is 0.150 e. The van der Waals surface area contributed by atoms with Gasteiger partial charge in [0.1, 0.15) is 22.4 Å². The molecule has 3 aromatic rings. The molecule has 0 saturated carbocycles. The van der Waals surface area contributed by atoms with E-state index in [0.717, 1.165) is 5.39 Å². The van der Waals surface area contributed by atoms with Crippen molar-refractivity contribution in [2.75, 3.05) is 4.72 Å². The highest BCUT2D eigenvalue weighted by atomic mass is 32.2. The summed E-state index contributed by atoms with van der Waals surface area (Å²) in [6.45, 7) is 0. The van der Waals surface area contributed by atoms with Crippen molar-refractivity contribution in [2.45, 2.75) is 4.90 Å². The molecular weight excluding hydrogens is 272 g/mol. The van der Waals surface area contributed by atoms with E-state index in [-0.39, 0.29) is 5.75 Å². The Bertz CT molecular complexity index is 775. The number of aromatic nitrogens is 1. The van der Waals surface area contributed by atoms with E-state index in [2.05, 4.69) is 9.71 Å². The fourth-order valence-electron chi connectivity index (χ4n) is 1.93. The summed E-state index contributed by atoms with van der Waals surface area (Å²) < 4.78 is 15.1. The van der Waals surface area contributed by atoms with Crippen molar-refractivity contribution in [2.24, 2.45) is 0 Å². The Labute approximate surface area is 118 Å². The van der Waals surface area contributed by atoms with Gasteiger partial charge in [-0.2, -0.15) is 0 Å². The number of hydrogen-bond acceptors (Lipinski definition) is 3. The first-order chi connectivity index (χ1) is 9.75. The summed E-state index contributed by atoms with van der Waals surface area (Å²) >= 11 is 0. The molecule has 3 rings (SSSR count). The molecule has 1 aromatic heterocycles. The molecule has 1 atom stereocenters. The van der Waals surface area contributed by atoms with Crippen LogP contribution < -0.4 is 4.72 Å². The number of anilines is 1. The second kappa shape index (κ2) is 5.30. The Kier molecular flexibility index (Phi) is 3.35. The highest BCUT2D eigenvalue weighted by Crippen LogP contribution is 2.31. The van der Waals surface area contributed by atoms with Crippen LogP contribution in [0.1, 0.15) is 0 Å². The van der Waals surface area contributed by atoms with Crippen LogP contribution in [-0.2, 0) is 11.0 Å². The average Bonchev–Trinajstić information content (AvgIpc) is 2.51. The number of fused-ring (bicyclic) bond motifs is 1. The van der Waals surface area contributed by atoms with Crippen LogP contribution in [0, 0.1) is 0 Å². The molecule has 2 N–H and O–H groups in total. The maximum absolute atomic E-state index is 12.3. The Balaban J connectivity index is 2.03. The number of hydrogen-bond donors (Lipinski definition) is 2. The van der Waals surface area contributed by atoms with Crippen molar-refractivity contribution >= 4 is 27.6 Å². The molecule has 0 aliphatic rings. The standard InChI is InChI=1S/C15H12N2O2S/c18-13-9-8-11-5-4-10-16-14(11)15(13)17-20(19)12-6-2-1-3-7-12/h1-10,17-18H. The van der Waals surface area contributed by atoms with Crippen LogP contribution >= 0.6 is 0 Å². The van der Waals surface area contributed by atoms with Crippen LogP contribution in [0.3, 0.4) is 0 Å². The van der Waals surface area contributed by atoms with Gasteiger partial charge in [0.25, 0.3) is 0 Å². The van der Waals surface area contributed by atoms with Crippen molar-refractivity contribution in [1.82, 2.24) is 4.98 Å². The van der Waals surface area contributed by atoms with E-state index in [1.807, 2.05) is 30.3 Å². The van der Waals surface area contributed by atoms with Gasteiger partial charge in [-0.25, -0.2) is 4.21 Å². The molecule has 100 valence electrons. The number of aromatic hydroxyl groups is 1. The molecule has 2 aromatic carbocycles. The van der Waals surface area contributed by atoms with E-state index in [4.69, 9.17) is 0 Å². The summed E-state index contributed by atoms with van der Waals surface area (Å²) in [5.74, 6) is 0.0282. The van der Waals surface area contributed by atoms with Gasteiger partial charge in [-0.05, 0) is 30.3 Å². The maximum atomic E-state index is 12.3. The fourth-order valence-corrected chi connectivity index (χ4v) is 2.84. The largest absolute Gasteiger partial charge is 0.506 e. The molecule has 0 radical (unpaired) electrons. The quantitative estimate of drug-likeness (QED) is 0.727. The van der Waals surface area contributed by atoms with Crippen LogP contribution in [0.4, 0.5) is 5.69 Å². The van der Waals surface area contributed by atoms with Crippen molar-refractivity contribution in [1.29, 1.82) is 0 Å². The number of phenolic OH excluding ortho intramolecular Hbond substituents is 1. The Hall–Kier alpha value is -2.40. The molecule has 1 heterocycles. The second-order valence-electron chi connectivity index (χ2n) is 4.22. The first kappa shape index (κ1) is 12.6. The first-order valence-corrected chi connectivity index (χ1v) is 7.21. The van der Waals surface area contributed by atoms with Crippen molar-refractivity contribution in [3.05, 3.63) is 60.8 Å². The van der Waals surface area contributed by atoms with Gasteiger partial charge in [0, 0.05) is 11.6 Å². The number of benzene rings is 2. The normalized spacial score (nSPS) is 12.2. The van der Waals surface area contributed by atoms with Crippen LogP contribution in [0.25, 0.3) is 10.9 Å². The molecule has 0 fully saturated rings. The third-order valence-corrected chi connectivity index (χ3v) is 3.99. The third-order valence-electron chi connectivity index (χ3n) is 2.90. The van der Waals surface area contributed by atoms with Crippen molar-refractivity contribution < 1.29 is 9.32 Å². The van der Waals surface area contributed by atoms with Crippen LogP contribution in [-0.4, -0.2) is 14.3 Å². The molecule has 0 aliphatic carbocycles. The zero-order chi connectivity index (χ0) is 13.9. The summed E-state index contributed by atoms with van der Waals surface area (Å²) in [7, 11) is -1.45. The number of nitrogens with one attached hydrogen (secondary N) is 1. The van der Waals surface area contributed by atoms with E-state index in [0.29, 0.717) is 16.1 Å². The molecule has 4 nitrogen and oxygen atoms in total. The van der Waals surface area contributed by atoms with Crippen molar-refractivity contribution in [3.63, 3.8) is 0 Å². The zero-order valence-corrected chi connectivity index (χ0v) is 11.3. The Morgan fingerprint density at radius 1 is 1.00 bits per heavy atom. The third kappa shape index (κ3) is 2.35. The van der Waals surface area contributed by atoms with E-state index in [1.54, 1.807) is 30.5 Å². The number of nitrogens with zero attached hydrogens (tertiary/aromatic N) is 1. The Morgan fingerprint density at radius 2 is 1.80 bits per heavy atom. The molecule has 20 heavy (non-hydrogen) atoms. The minimum absolute atomic E-state index is 0.0282. The lowest BCUT2D eigenvalue weighted by molar-refractivity contribution is 0.478. The predicted octanol–water partition coefficient (Wildman–Crippen LogP) is 3.08. The lowest BCUT2D eigenvalue weighted by atomic mass is 10.2.